The lowest BCUT2D eigenvalue weighted by atomic mass is 10.2. The van der Waals surface area contributed by atoms with Gasteiger partial charge in [0, 0.05) is 18.1 Å². The standard InChI is InChI=1S/C18H20FNO2S/c1-14(22-16-8-3-2-4-9-16)18(21)20-11-12-23-13-15-7-5-6-10-17(15)19/h2-10,14H,11-13H2,1H3,(H,20,21). The fraction of sp³-hybridized carbons (Fsp3) is 0.278. The van der Waals surface area contributed by atoms with Crippen LogP contribution >= 0.6 is 11.8 Å². The van der Waals surface area contributed by atoms with Gasteiger partial charge < -0.3 is 10.1 Å². The number of benzene rings is 2. The largest absolute Gasteiger partial charge is 0.481 e. The Labute approximate surface area is 140 Å². The van der Waals surface area contributed by atoms with Crippen LogP contribution < -0.4 is 10.1 Å². The average molecular weight is 333 g/mol. The van der Waals surface area contributed by atoms with E-state index in [-0.39, 0.29) is 11.7 Å². The van der Waals surface area contributed by atoms with Gasteiger partial charge in [0.05, 0.1) is 0 Å². The number of amides is 1. The Morgan fingerprint density at radius 1 is 1.17 bits per heavy atom. The molecule has 0 radical (unpaired) electrons. The first-order valence-corrected chi connectivity index (χ1v) is 8.63. The lowest BCUT2D eigenvalue weighted by Crippen LogP contribution is -2.37. The third-order valence-electron chi connectivity index (χ3n) is 3.19. The molecule has 0 saturated carbocycles. The second-order valence-electron chi connectivity index (χ2n) is 5.01. The van der Waals surface area contributed by atoms with Gasteiger partial charge in [-0.05, 0) is 30.7 Å². The van der Waals surface area contributed by atoms with Crippen LogP contribution in [-0.4, -0.2) is 24.3 Å². The maximum Gasteiger partial charge on any atom is 0.260 e. The van der Waals surface area contributed by atoms with Crippen molar-refractivity contribution in [2.24, 2.45) is 0 Å². The van der Waals surface area contributed by atoms with Gasteiger partial charge in [-0.15, -0.1) is 0 Å². The van der Waals surface area contributed by atoms with Crippen LogP contribution in [0.15, 0.2) is 54.6 Å². The number of halogens is 1. The number of ether oxygens (including phenoxy) is 1. The molecule has 1 atom stereocenters. The molecule has 0 saturated heterocycles. The molecule has 1 amide bonds. The molecular formula is C18H20FNO2S. The molecule has 3 nitrogen and oxygen atoms in total. The Morgan fingerprint density at radius 3 is 2.61 bits per heavy atom. The summed E-state index contributed by atoms with van der Waals surface area (Å²) in [6, 6.07) is 16.0. The molecule has 0 aliphatic heterocycles. The van der Waals surface area contributed by atoms with Crippen molar-refractivity contribution >= 4 is 17.7 Å². The summed E-state index contributed by atoms with van der Waals surface area (Å²) in [5, 5.41) is 2.83. The van der Waals surface area contributed by atoms with Crippen LogP contribution in [0.2, 0.25) is 0 Å². The number of carbonyl (C=O) groups is 1. The molecule has 1 unspecified atom stereocenters. The Balaban J connectivity index is 1.64. The van der Waals surface area contributed by atoms with Crippen molar-refractivity contribution in [1.29, 1.82) is 0 Å². The summed E-state index contributed by atoms with van der Waals surface area (Å²) in [7, 11) is 0. The summed E-state index contributed by atoms with van der Waals surface area (Å²) < 4.78 is 19.0. The molecule has 0 aliphatic carbocycles. The number of hydrogen-bond donors (Lipinski definition) is 1. The van der Waals surface area contributed by atoms with E-state index >= 15 is 0 Å². The zero-order chi connectivity index (χ0) is 16.5. The third-order valence-corrected chi connectivity index (χ3v) is 4.19. The number of para-hydroxylation sites is 1. The minimum Gasteiger partial charge on any atom is -0.481 e. The summed E-state index contributed by atoms with van der Waals surface area (Å²) in [6.07, 6.45) is -0.547. The first kappa shape index (κ1) is 17.3. The second kappa shape index (κ2) is 9.20. The van der Waals surface area contributed by atoms with E-state index in [0.717, 1.165) is 5.75 Å². The fourth-order valence-corrected chi connectivity index (χ4v) is 2.79. The minimum absolute atomic E-state index is 0.152. The monoisotopic (exact) mass is 333 g/mol. The molecule has 0 aliphatic rings. The Kier molecular flexibility index (Phi) is 6.94. The SMILES string of the molecule is CC(Oc1ccccc1)C(=O)NCCSCc1ccccc1F. The van der Waals surface area contributed by atoms with Crippen LogP contribution in [-0.2, 0) is 10.5 Å². The second-order valence-corrected chi connectivity index (χ2v) is 6.11. The summed E-state index contributed by atoms with van der Waals surface area (Å²) in [4.78, 5) is 11.9. The van der Waals surface area contributed by atoms with Crippen molar-refractivity contribution < 1.29 is 13.9 Å². The summed E-state index contributed by atoms with van der Waals surface area (Å²) in [5.41, 5.74) is 0.685. The molecular weight excluding hydrogens is 313 g/mol. The molecule has 0 bridgehead atoms. The first-order chi connectivity index (χ1) is 11.2. The van der Waals surface area contributed by atoms with Crippen molar-refractivity contribution in [2.45, 2.75) is 18.8 Å². The third kappa shape index (κ3) is 5.94. The molecule has 0 heterocycles. The quantitative estimate of drug-likeness (QED) is 0.750. The zero-order valence-electron chi connectivity index (χ0n) is 13.0. The van der Waals surface area contributed by atoms with Gasteiger partial charge in [-0.3, -0.25) is 4.79 Å². The van der Waals surface area contributed by atoms with Crippen LogP contribution in [0.1, 0.15) is 12.5 Å². The highest BCUT2D eigenvalue weighted by molar-refractivity contribution is 7.98. The van der Waals surface area contributed by atoms with Gasteiger partial charge in [0.2, 0.25) is 0 Å². The zero-order valence-corrected chi connectivity index (χ0v) is 13.8. The molecule has 0 spiro atoms. The molecule has 2 aromatic carbocycles. The number of nitrogens with one attached hydrogen (secondary N) is 1. The normalized spacial score (nSPS) is 11.7. The van der Waals surface area contributed by atoms with Gasteiger partial charge in [-0.25, -0.2) is 4.39 Å². The predicted octanol–water partition coefficient (Wildman–Crippen LogP) is 3.64. The molecule has 0 fully saturated rings. The van der Waals surface area contributed by atoms with Gasteiger partial charge in [-0.1, -0.05) is 36.4 Å². The Hall–Kier alpha value is -2.01. The van der Waals surface area contributed by atoms with E-state index in [1.165, 1.54) is 6.07 Å². The number of thioether (sulfide) groups is 1. The molecule has 0 aromatic heterocycles. The maximum absolute atomic E-state index is 13.4. The molecule has 2 aromatic rings. The van der Waals surface area contributed by atoms with Crippen LogP contribution in [0.4, 0.5) is 4.39 Å². The molecule has 5 heteroatoms. The first-order valence-electron chi connectivity index (χ1n) is 7.47. The maximum atomic E-state index is 13.4. The molecule has 2 rings (SSSR count). The van der Waals surface area contributed by atoms with Crippen LogP contribution in [0.25, 0.3) is 0 Å². The van der Waals surface area contributed by atoms with Crippen molar-refractivity contribution in [2.75, 3.05) is 12.3 Å². The summed E-state index contributed by atoms with van der Waals surface area (Å²) in [6.45, 7) is 2.25. The van der Waals surface area contributed by atoms with Gasteiger partial charge >= 0.3 is 0 Å². The van der Waals surface area contributed by atoms with E-state index < -0.39 is 6.10 Å². The lowest BCUT2D eigenvalue weighted by Gasteiger charge is -2.14. The number of rotatable bonds is 8. The highest BCUT2D eigenvalue weighted by Crippen LogP contribution is 2.15. The Bertz CT molecular complexity index is 621. The minimum atomic E-state index is -0.547. The van der Waals surface area contributed by atoms with Crippen LogP contribution in [0.5, 0.6) is 5.75 Å². The smallest absolute Gasteiger partial charge is 0.260 e. The Morgan fingerprint density at radius 2 is 1.87 bits per heavy atom. The van der Waals surface area contributed by atoms with E-state index in [4.69, 9.17) is 4.74 Å². The molecule has 23 heavy (non-hydrogen) atoms. The molecule has 122 valence electrons. The predicted molar refractivity (Wildman–Crippen MR) is 92.1 cm³/mol. The topological polar surface area (TPSA) is 38.3 Å². The van der Waals surface area contributed by atoms with E-state index in [0.29, 0.717) is 23.6 Å². The van der Waals surface area contributed by atoms with Gasteiger partial charge in [-0.2, -0.15) is 11.8 Å². The van der Waals surface area contributed by atoms with Crippen LogP contribution in [0.3, 0.4) is 0 Å². The van der Waals surface area contributed by atoms with Crippen molar-refractivity contribution in [3.05, 3.63) is 66.0 Å². The number of hydrogen-bond acceptors (Lipinski definition) is 3. The van der Waals surface area contributed by atoms with E-state index in [2.05, 4.69) is 5.32 Å². The van der Waals surface area contributed by atoms with Gasteiger partial charge in [0.1, 0.15) is 11.6 Å². The lowest BCUT2D eigenvalue weighted by molar-refractivity contribution is -0.127. The van der Waals surface area contributed by atoms with E-state index in [1.807, 2.05) is 36.4 Å². The summed E-state index contributed by atoms with van der Waals surface area (Å²) in [5.74, 6) is 1.65. The van der Waals surface area contributed by atoms with Crippen molar-refractivity contribution in [1.82, 2.24) is 5.32 Å². The highest BCUT2D eigenvalue weighted by atomic mass is 32.2. The van der Waals surface area contributed by atoms with Gasteiger partial charge in [0.15, 0.2) is 6.10 Å². The van der Waals surface area contributed by atoms with Crippen LogP contribution in [0, 0.1) is 5.82 Å². The molecule has 1 N–H and O–H groups in total. The van der Waals surface area contributed by atoms with E-state index in [9.17, 15) is 9.18 Å². The highest BCUT2D eigenvalue weighted by Gasteiger charge is 2.13. The summed E-state index contributed by atoms with van der Waals surface area (Å²) >= 11 is 1.58. The van der Waals surface area contributed by atoms with Gasteiger partial charge in [0.25, 0.3) is 5.91 Å². The van der Waals surface area contributed by atoms with Crippen molar-refractivity contribution in [3.63, 3.8) is 0 Å². The van der Waals surface area contributed by atoms with Crippen molar-refractivity contribution in [3.8, 4) is 5.75 Å². The number of carbonyl (C=O) groups excluding carboxylic acids is 1. The fourth-order valence-electron chi connectivity index (χ4n) is 1.94. The van der Waals surface area contributed by atoms with E-state index in [1.54, 1.807) is 30.8 Å². The average Bonchev–Trinajstić information content (AvgIpc) is 2.57.